The largest absolute Gasteiger partial charge is 0.479 e. The van der Waals surface area contributed by atoms with Gasteiger partial charge in [-0.05, 0) is 49.3 Å². The van der Waals surface area contributed by atoms with Gasteiger partial charge < -0.3 is 9.64 Å². The molecular weight excluding hydrogens is 346 g/mol. The third kappa shape index (κ3) is 4.79. The molecule has 0 aliphatic carbocycles. The van der Waals surface area contributed by atoms with Crippen molar-refractivity contribution in [2.75, 3.05) is 13.1 Å². The highest BCUT2D eigenvalue weighted by atomic mass is 35.5. The number of hydrogen-bond acceptors (Lipinski definition) is 2. The van der Waals surface area contributed by atoms with Crippen molar-refractivity contribution in [1.82, 2.24) is 4.90 Å². The van der Waals surface area contributed by atoms with Gasteiger partial charge in [0.05, 0.1) is 5.02 Å². The van der Waals surface area contributed by atoms with Gasteiger partial charge in [0.2, 0.25) is 0 Å². The van der Waals surface area contributed by atoms with Crippen LogP contribution in [0.3, 0.4) is 0 Å². The fourth-order valence-electron chi connectivity index (χ4n) is 3.51. The topological polar surface area (TPSA) is 29.5 Å². The van der Waals surface area contributed by atoms with Gasteiger partial charge in [-0.15, -0.1) is 0 Å². The van der Waals surface area contributed by atoms with Crippen LogP contribution in [0.1, 0.15) is 31.7 Å². The summed E-state index contributed by atoms with van der Waals surface area (Å²) in [6.45, 7) is 3.58. The van der Waals surface area contributed by atoms with Crippen LogP contribution in [0, 0.1) is 5.92 Å². The Morgan fingerprint density at radius 3 is 2.42 bits per heavy atom. The predicted octanol–water partition coefficient (Wildman–Crippen LogP) is 4.98. The summed E-state index contributed by atoms with van der Waals surface area (Å²) in [6.07, 6.45) is 3.34. The maximum atomic E-state index is 12.9. The molecule has 0 spiro atoms. The van der Waals surface area contributed by atoms with Gasteiger partial charge in [-0.25, -0.2) is 0 Å². The minimum Gasteiger partial charge on any atom is -0.479 e. The van der Waals surface area contributed by atoms with Crippen molar-refractivity contribution in [1.29, 1.82) is 0 Å². The average molecular weight is 372 g/mol. The standard InChI is InChI=1S/C22H26ClNO2/c1-2-20(26-21-11-7-6-10-19(21)23)22(25)24-14-12-18(13-15-24)16-17-8-4-3-5-9-17/h3-11,18,20H,2,12-16H2,1H3/t20-/m1/s1. The molecule has 0 saturated carbocycles. The average Bonchev–Trinajstić information content (AvgIpc) is 2.68. The van der Waals surface area contributed by atoms with Gasteiger partial charge in [0.1, 0.15) is 5.75 Å². The molecule has 1 amide bonds. The van der Waals surface area contributed by atoms with Gasteiger partial charge in [0.25, 0.3) is 5.91 Å². The van der Waals surface area contributed by atoms with Crippen LogP contribution < -0.4 is 4.74 Å². The molecule has 0 bridgehead atoms. The zero-order chi connectivity index (χ0) is 18.4. The second kappa shape index (κ2) is 9.09. The summed E-state index contributed by atoms with van der Waals surface area (Å²) in [5.41, 5.74) is 1.38. The van der Waals surface area contributed by atoms with E-state index in [1.165, 1.54) is 5.56 Å². The summed E-state index contributed by atoms with van der Waals surface area (Å²) in [5.74, 6) is 1.30. The lowest BCUT2D eigenvalue weighted by Crippen LogP contribution is -2.45. The molecule has 0 radical (unpaired) electrons. The Balaban J connectivity index is 1.54. The van der Waals surface area contributed by atoms with Gasteiger partial charge in [-0.1, -0.05) is 61.0 Å². The van der Waals surface area contributed by atoms with Crippen molar-refractivity contribution in [2.45, 2.75) is 38.7 Å². The Labute approximate surface area is 160 Å². The molecule has 2 aromatic carbocycles. The number of piperidine rings is 1. The van der Waals surface area contributed by atoms with Gasteiger partial charge in [-0.2, -0.15) is 0 Å². The number of rotatable bonds is 6. The van der Waals surface area contributed by atoms with Crippen molar-refractivity contribution >= 4 is 17.5 Å². The highest BCUT2D eigenvalue weighted by Gasteiger charge is 2.29. The zero-order valence-corrected chi connectivity index (χ0v) is 16.0. The molecule has 0 unspecified atom stereocenters. The SMILES string of the molecule is CC[C@@H](Oc1ccccc1Cl)C(=O)N1CCC(Cc2ccccc2)CC1. The Morgan fingerprint density at radius 1 is 1.12 bits per heavy atom. The van der Waals surface area contributed by atoms with E-state index in [9.17, 15) is 4.79 Å². The van der Waals surface area contributed by atoms with Crippen LogP contribution in [-0.4, -0.2) is 30.0 Å². The van der Waals surface area contributed by atoms with Crippen LogP contribution in [0.25, 0.3) is 0 Å². The summed E-state index contributed by atoms with van der Waals surface area (Å²) < 4.78 is 5.91. The number of hydrogen-bond donors (Lipinski definition) is 0. The molecule has 1 fully saturated rings. The van der Waals surface area contributed by atoms with E-state index in [0.29, 0.717) is 23.1 Å². The first-order valence-corrected chi connectivity index (χ1v) is 9.79. The molecule has 138 valence electrons. The summed E-state index contributed by atoms with van der Waals surface area (Å²) >= 11 is 6.16. The Kier molecular flexibility index (Phi) is 6.56. The van der Waals surface area contributed by atoms with Crippen molar-refractivity contribution in [3.63, 3.8) is 0 Å². The van der Waals surface area contributed by atoms with Crippen molar-refractivity contribution in [2.24, 2.45) is 5.92 Å². The minimum absolute atomic E-state index is 0.0746. The normalized spacial score (nSPS) is 16.3. The molecule has 2 aromatic rings. The number of ether oxygens (including phenoxy) is 1. The highest BCUT2D eigenvalue weighted by molar-refractivity contribution is 6.32. The number of para-hydroxylation sites is 1. The van der Waals surface area contributed by atoms with Gasteiger partial charge in [0, 0.05) is 13.1 Å². The number of carbonyl (C=O) groups is 1. The summed E-state index contributed by atoms with van der Waals surface area (Å²) in [6, 6.07) is 17.9. The molecular formula is C22H26ClNO2. The summed E-state index contributed by atoms with van der Waals surface area (Å²) in [5, 5.41) is 0.542. The number of halogens is 1. The zero-order valence-electron chi connectivity index (χ0n) is 15.2. The van der Waals surface area contributed by atoms with Gasteiger partial charge in [-0.3, -0.25) is 4.79 Å². The molecule has 3 rings (SSSR count). The van der Waals surface area contributed by atoms with Crippen LogP contribution in [-0.2, 0) is 11.2 Å². The van der Waals surface area contributed by atoms with E-state index in [1.54, 1.807) is 6.07 Å². The van der Waals surface area contributed by atoms with Crippen molar-refractivity contribution in [3.05, 3.63) is 65.2 Å². The second-order valence-electron chi connectivity index (χ2n) is 6.90. The van der Waals surface area contributed by atoms with E-state index in [1.807, 2.05) is 30.0 Å². The number of likely N-dealkylation sites (tertiary alicyclic amines) is 1. The highest BCUT2D eigenvalue weighted by Crippen LogP contribution is 2.27. The lowest BCUT2D eigenvalue weighted by atomic mass is 9.90. The van der Waals surface area contributed by atoms with Crippen LogP contribution in [0.15, 0.2) is 54.6 Å². The van der Waals surface area contributed by atoms with E-state index in [0.717, 1.165) is 32.4 Å². The second-order valence-corrected chi connectivity index (χ2v) is 7.31. The molecule has 1 saturated heterocycles. The van der Waals surface area contributed by atoms with Crippen LogP contribution >= 0.6 is 11.6 Å². The molecule has 1 heterocycles. The number of amides is 1. The number of carbonyl (C=O) groups excluding carboxylic acids is 1. The maximum absolute atomic E-state index is 12.9. The summed E-state index contributed by atoms with van der Waals surface area (Å²) in [4.78, 5) is 14.8. The third-order valence-electron chi connectivity index (χ3n) is 5.05. The van der Waals surface area contributed by atoms with E-state index < -0.39 is 6.10 Å². The molecule has 0 aromatic heterocycles. The molecule has 26 heavy (non-hydrogen) atoms. The first-order chi connectivity index (χ1) is 12.7. The van der Waals surface area contributed by atoms with E-state index in [-0.39, 0.29) is 5.91 Å². The Morgan fingerprint density at radius 2 is 1.77 bits per heavy atom. The smallest absolute Gasteiger partial charge is 0.263 e. The van der Waals surface area contributed by atoms with Crippen molar-refractivity contribution in [3.8, 4) is 5.75 Å². The molecule has 0 N–H and O–H groups in total. The fourth-order valence-corrected chi connectivity index (χ4v) is 3.69. The van der Waals surface area contributed by atoms with Gasteiger partial charge >= 0.3 is 0 Å². The minimum atomic E-state index is -0.472. The first kappa shape index (κ1) is 18.8. The van der Waals surface area contributed by atoms with E-state index in [2.05, 4.69) is 30.3 Å². The molecule has 1 aliphatic heterocycles. The quantitative estimate of drug-likeness (QED) is 0.716. The summed E-state index contributed by atoms with van der Waals surface area (Å²) in [7, 11) is 0. The number of nitrogens with zero attached hydrogens (tertiary/aromatic N) is 1. The molecule has 3 nitrogen and oxygen atoms in total. The van der Waals surface area contributed by atoms with E-state index >= 15 is 0 Å². The van der Waals surface area contributed by atoms with Crippen molar-refractivity contribution < 1.29 is 9.53 Å². The molecule has 4 heteroatoms. The maximum Gasteiger partial charge on any atom is 0.263 e. The van der Waals surface area contributed by atoms with Crippen LogP contribution in [0.5, 0.6) is 5.75 Å². The monoisotopic (exact) mass is 371 g/mol. The lowest BCUT2D eigenvalue weighted by molar-refractivity contribution is -0.140. The molecule has 1 atom stereocenters. The van der Waals surface area contributed by atoms with E-state index in [4.69, 9.17) is 16.3 Å². The molecule has 1 aliphatic rings. The fraction of sp³-hybridized carbons (Fsp3) is 0.409. The van der Waals surface area contributed by atoms with Crippen LogP contribution in [0.2, 0.25) is 5.02 Å². The third-order valence-corrected chi connectivity index (χ3v) is 5.36. The van der Waals surface area contributed by atoms with Crippen LogP contribution in [0.4, 0.5) is 0 Å². The number of benzene rings is 2. The van der Waals surface area contributed by atoms with Gasteiger partial charge in [0.15, 0.2) is 6.10 Å². The predicted molar refractivity (Wildman–Crippen MR) is 106 cm³/mol. The lowest BCUT2D eigenvalue weighted by Gasteiger charge is -2.34. The first-order valence-electron chi connectivity index (χ1n) is 9.41. The Hall–Kier alpha value is -2.00. The Bertz CT molecular complexity index is 711.